The first-order chi connectivity index (χ1) is 11.2. The zero-order chi connectivity index (χ0) is 16.5. The standard InChI is InChI=1S/C20H18O3/c1-2-23-20(22)18(19(21)17-13-7-4-8-14-17)15-9-12-16-10-5-3-6-11-16/h3-8,10-11,13-15,19,21H,2H2,1H3/b18-15-/t19-/m1/s1. The molecule has 2 aromatic carbocycles. The molecular weight excluding hydrogens is 288 g/mol. The van der Waals surface area contributed by atoms with E-state index in [1.165, 1.54) is 6.08 Å². The second-order valence-corrected chi connectivity index (χ2v) is 4.77. The molecule has 0 saturated heterocycles. The van der Waals surface area contributed by atoms with E-state index in [2.05, 4.69) is 11.8 Å². The zero-order valence-electron chi connectivity index (χ0n) is 12.9. The molecule has 0 saturated carbocycles. The molecule has 0 bridgehead atoms. The largest absolute Gasteiger partial charge is 0.463 e. The van der Waals surface area contributed by atoms with Crippen molar-refractivity contribution in [3.05, 3.63) is 83.4 Å². The Labute approximate surface area is 136 Å². The number of aliphatic hydroxyl groups excluding tert-OH is 1. The van der Waals surface area contributed by atoms with Crippen LogP contribution < -0.4 is 0 Å². The maximum absolute atomic E-state index is 12.1. The number of benzene rings is 2. The lowest BCUT2D eigenvalue weighted by Crippen LogP contribution is -2.14. The maximum Gasteiger partial charge on any atom is 0.337 e. The minimum Gasteiger partial charge on any atom is -0.463 e. The third kappa shape index (κ3) is 4.84. The van der Waals surface area contributed by atoms with Gasteiger partial charge in [0, 0.05) is 11.6 Å². The number of esters is 1. The fourth-order valence-electron chi connectivity index (χ4n) is 2.00. The Balaban J connectivity index is 2.29. The molecule has 116 valence electrons. The smallest absolute Gasteiger partial charge is 0.337 e. The van der Waals surface area contributed by atoms with Crippen LogP contribution in [0.5, 0.6) is 0 Å². The van der Waals surface area contributed by atoms with Gasteiger partial charge in [0.05, 0.1) is 12.2 Å². The van der Waals surface area contributed by atoms with Gasteiger partial charge < -0.3 is 9.84 Å². The molecule has 23 heavy (non-hydrogen) atoms. The van der Waals surface area contributed by atoms with Gasteiger partial charge in [-0.05, 0) is 24.6 Å². The SMILES string of the molecule is CCOC(=O)/C(=C\C#Cc1ccccc1)[C@H](O)c1ccccc1. The molecule has 2 aromatic rings. The molecule has 3 heteroatoms. The Morgan fingerprint density at radius 3 is 2.35 bits per heavy atom. The Morgan fingerprint density at radius 1 is 1.13 bits per heavy atom. The molecule has 0 fully saturated rings. The van der Waals surface area contributed by atoms with Gasteiger partial charge >= 0.3 is 5.97 Å². The van der Waals surface area contributed by atoms with E-state index in [4.69, 9.17) is 4.74 Å². The van der Waals surface area contributed by atoms with Crippen molar-refractivity contribution in [3.8, 4) is 11.8 Å². The van der Waals surface area contributed by atoms with Gasteiger partial charge in [0.1, 0.15) is 6.10 Å². The van der Waals surface area contributed by atoms with E-state index in [1.807, 2.05) is 36.4 Å². The first-order valence-corrected chi connectivity index (χ1v) is 7.39. The average molecular weight is 306 g/mol. The molecule has 0 aliphatic heterocycles. The van der Waals surface area contributed by atoms with Gasteiger partial charge in [-0.3, -0.25) is 0 Å². The summed E-state index contributed by atoms with van der Waals surface area (Å²) < 4.78 is 5.01. The van der Waals surface area contributed by atoms with Crippen LogP contribution in [-0.2, 0) is 9.53 Å². The number of ether oxygens (including phenoxy) is 1. The lowest BCUT2D eigenvalue weighted by atomic mass is 10.0. The highest BCUT2D eigenvalue weighted by atomic mass is 16.5. The van der Waals surface area contributed by atoms with E-state index >= 15 is 0 Å². The number of carbonyl (C=O) groups excluding carboxylic acids is 1. The first-order valence-electron chi connectivity index (χ1n) is 7.39. The number of hydrogen-bond donors (Lipinski definition) is 1. The minimum atomic E-state index is -1.07. The summed E-state index contributed by atoms with van der Waals surface area (Å²) in [6.45, 7) is 1.96. The van der Waals surface area contributed by atoms with E-state index in [0.29, 0.717) is 5.56 Å². The van der Waals surface area contributed by atoms with E-state index in [1.54, 1.807) is 31.2 Å². The fourth-order valence-corrected chi connectivity index (χ4v) is 2.00. The second kappa shape index (κ2) is 8.57. The van der Waals surface area contributed by atoms with Crippen molar-refractivity contribution in [1.82, 2.24) is 0 Å². The summed E-state index contributed by atoms with van der Waals surface area (Å²) in [5, 5.41) is 10.4. The quantitative estimate of drug-likeness (QED) is 0.536. The predicted octanol–water partition coefficient (Wildman–Crippen LogP) is 3.26. The molecule has 0 unspecified atom stereocenters. The van der Waals surface area contributed by atoms with Crippen molar-refractivity contribution in [2.75, 3.05) is 6.61 Å². The predicted molar refractivity (Wildman–Crippen MR) is 89.4 cm³/mol. The topological polar surface area (TPSA) is 46.5 Å². The Hall–Kier alpha value is -2.83. The van der Waals surface area contributed by atoms with Crippen LogP contribution in [0.1, 0.15) is 24.2 Å². The number of carbonyl (C=O) groups is 1. The van der Waals surface area contributed by atoms with Gasteiger partial charge in [-0.15, -0.1) is 0 Å². The van der Waals surface area contributed by atoms with E-state index < -0.39 is 12.1 Å². The van der Waals surface area contributed by atoms with Crippen molar-refractivity contribution in [3.63, 3.8) is 0 Å². The number of aliphatic hydroxyl groups is 1. The zero-order valence-corrected chi connectivity index (χ0v) is 12.9. The molecule has 0 aromatic heterocycles. The maximum atomic E-state index is 12.1. The van der Waals surface area contributed by atoms with Gasteiger partial charge in [0.25, 0.3) is 0 Å². The van der Waals surface area contributed by atoms with Gasteiger partial charge in [-0.1, -0.05) is 60.4 Å². The summed E-state index contributed by atoms with van der Waals surface area (Å²) in [5.41, 5.74) is 1.58. The Bertz CT molecular complexity index is 722. The molecule has 1 atom stereocenters. The van der Waals surface area contributed by atoms with Gasteiger partial charge in [-0.25, -0.2) is 4.79 Å². The molecule has 3 nitrogen and oxygen atoms in total. The number of rotatable bonds is 4. The van der Waals surface area contributed by atoms with E-state index in [9.17, 15) is 9.90 Å². The summed E-state index contributed by atoms with van der Waals surface area (Å²) in [6, 6.07) is 18.4. The Morgan fingerprint density at radius 2 is 1.74 bits per heavy atom. The highest BCUT2D eigenvalue weighted by Gasteiger charge is 2.21. The van der Waals surface area contributed by atoms with Crippen LogP contribution in [0, 0.1) is 11.8 Å². The molecule has 0 spiro atoms. The van der Waals surface area contributed by atoms with Crippen molar-refractivity contribution in [1.29, 1.82) is 0 Å². The van der Waals surface area contributed by atoms with Gasteiger partial charge in [0.15, 0.2) is 0 Å². The molecular formula is C20H18O3. The molecule has 0 aliphatic carbocycles. The molecule has 2 rings (SSSR count). The third-order valence-corrected chi connectivity index (χ3v) is 3.14. The van der Waals surface area contributed by atoms with Crippen molar-refractivity contribution >= 4 is 5.97 Å². The summed E-state index contributed by atoms with van der Waals surface area (Å²) in [4.78, 5) is 12.1. The van der Waals surface area contributed by atoms with Crippen LogP contribution in [0.3, 0.4) is 0 Å². The molecule has 0 amide bonds. The molecule has 0 heterocycles. The first kappa shape index (κ1) is 16.5. The van der Waals surface area contributed by atoms with Gasteiger partial charge in [0.2, 0.25) is 0 Å². The normalized spacial score (nSPS) is 12.0. The van der Waals surface area contributed by atoms with Crippen LogP contribution in [0.25, 0.3) is 0 Å². The summed E-state index contributed by atoms with van der Waals surface area (Å²) in [7, 11) is 0. The molecule has 0 aliphatic rings. The van der Waals surface area contributed by atoms with Crippen LogP contribution in [0.15, 0.2) is 72.3 Å². The lowest BCUT2D eigenvalue weighted by molar-refractivity contribution is -0.139. The van der Waals surface area contributed by atoms with E-state index in [0.717, 1.165) is 5.56 Å². The van der Waals surface area contributed by atoms with Gasteiger partial charge in [-0.2, -0.15) is 0 Å². The number of allylic oxidation sites excluding steroid dienone is 1. The van der Waals surface area contributed by atoms with Crippen LogP contribution in [0.4, 0.5) is 0 Å². The third-order valence-electron chi connectivity index (χ3n) is 3.14. The fraction of sp³-hybridized carbons (Fsp3) is 0.150. The van der Waals surface area contributed by atoms with Crippen LogP contribution in [0.2, 0.25) is 0 Å². The highest BCUT2D eigenvalue weighted by molar-refractivity contribution is 5.90. The summed E-state index contributed by atoms with van der Waals surface area (Å²) >= 11 is 0. The van der Waals surface area contributed by atoms with E-state index in [-0.39, 0.29) is 12.2 Å². The lowest BCUT2D eigenvalue weighted by Gasteiger charge is -2.13. The second-order valence-electron chi connectivity index (χ2n) is 4.77. The Kier molecular flexibility index (Phi) is 6.17. The summed E-state index contributed by atoms with van der Waals surface area (Å²) in [5.74, 6) is 5.19. The number of hydrogen-bond acceptors (Lipinski definition) is 3. The average Bonchev–Trinajstić information content (AvgIpc) is 2.60. The van der Waals surface area contributed by atoms with Crippen LogP contribution in [-0.4, -0.2) is 17.7 Å². The monoisotopic (exact) mass is 306 g/mol. The highest BCUT2D eigenvalue weighted by Crippen LogP contribution is 2.22. The van der Waals surface area contributed by atoms with Crippen molar-refractivity contribution in [2.45, 2.75) is 13.0 Å². The molecule has 0 radical (unpaired) electrons. The minimum absolute atomic E-state index is 0.126. The van der Waals surface area contributed by atoms with Crippen LogP contribution >= 0.6 is 0 Å². The van der Waals surface area contributed by atoms with Crippen molar-refractivity contribution in [2.24, 2.45) is 0 Å². The molecule has 1 N–H and O–H groups in total. The summed E-state index contributed by atoms with van der Waals surface area (Å²) in [6.07, 6.45) is 0.350. The van der Waals surface area contributed by atoms with Crippen molar-refractivity contribution < 1.29 is 14.6 Å².